The first-order chi connectivity index (χ1) is 5.88. The fourth-order valence-corrected chi connectivity index (χ4v) is 2.52. The van der Waals surface area contributed by atoms with Gasteiger partial charge in [0.05, 0.1) is 0 Å². The Morgan fingerprint density at radius 2 is 1.83 bits per heavy atom. The summed E-state index contributed by atoms with van der Waals surface area (Å²) >= 11 is 5.24. The molecule has 0 aliphatic carbocycles. The van der Waals surface area contributed by atoms with E-state index in [2.05, 4.69) is 45.6 Å². The summed E-state index contributed by atoms with van der Waals surface area (Å²) in [5.41, 5.74) is 0. The summed E-state index contributed by atoms with van der Waals surface area (Å²) in [4.78, 5) is 0. The lowest BCUT2D eigenvalue weighted by molar-refractivity contribution is 1.50. The van der Waals surface area contributed by atoms with Gasteiger partial charge >= 0.3 is 0 Å². The van der Waals surface area contributed by atoms with Crippen molar-refractivity contribution in [2.45, 2.75) is 13.8 Å². The molecule has 0 unspecified atom stereocenters. The van der Waals surface area contributed by atoms with Gasteiger partial charge in [-0.1, -0.05) is 32.0 Å². The Labute approximate surface area is 85.4 Å². The number of benzene rings is 1. The molecule has 0 spiro atoms. The maximum atomic E-state index is 3.48. The van der Waals surface area contributed by atoms with Gasteiger partial charge in [-0.15, -0.1) is 11.3 Å². The minimum atomic E-state index is 1.20. The van der Waals surface area contributed by atoms with Crippen LogP contribution in [-0.2, 0) is 0 Å². The van der Waals surface area contributed by atoms with E-state index in [0.717, 1.165) is 0 Å². The van der Waals surface area contributed by atoms with Crippen LogP contribution in [0.15, 0.2) is 34.1 Å². The molecule has 0 fully saturated rings. The normalized spacial score (nSPS) is 9.25. The first-order valence-corrected chi connectivity index (χ1v) is 5.67. The molecule has 2 rings (SSSR count). The molecular formula is C10H11BrS. The second-order valence-corrected chi connectivity index (χ2v) is 3.85. The monoisotopic (exact) mass is 242 g/mol. The van der Waals surface area contributed by atoms with Crippen molar-refractivity contribution < 1.29 is 0 Å². The van der Waals surface area contributed by atoms with Gasteiger partial charge in [0, 0.05) is 19.9 Å². The van der Waals surface area contributed by atoms with Crippen molar-refractivity contribution in [1.82, 2.24) is 0 Å². The van der Waals surface area contributed by atoms with Crippen LogP contribution in [0, 0.1) is 0 Å². The van der Waals surface area contributed by atoms with E-state index in [1.807, 2.05) is 13.8 Å². The summed E-state index contributed by atoms with van der Waals surface area (Å²) in [6.07, 6.45) is 0. The SMILES string of the molecule is Brc1csc2ccccc12.CC. The summed E-state index contributed by atoms with van der Waals surface area (Å²) in [5.74, 6) is 0. The van der Waals surface area contributed by atoms with Crippen molar-refractivity contribution >= 4 is 37.4 Å². The topological polar surface area (TPSA) is 0 Å². The van der Waals surface area contributed by atoms with E-state index in [1.165, 1.54) is 14.6 Å². The Morgan fingerprint density at radius 1 is 1.17 bits per heavy atom. The van der Waals surface area contributed by atoms with Crippen LogP contribution < -0.4 is 0 Å². The molecule has 2 heteroatoms. The molecule has 0 bridgehead atoms. The smallest absolute Gasteiger partial charge is 0.0361 e. The van der Waals surface area contributed by atoms with Gasteiger partial charge in [-0.25, -0.2) is 0 Å². The summed E-state index contributed by atoms with van der Waals surface area (Å²) in [6.45, 7) is 4.00. The number of fused-ring (bicyclic) bond motifs is 1. The van der Waals surface area contributed by atoms with Gasteiger partial charge in [0.25, 0.3) is 0 Å². The summed E-state index contributed by atoms with van der Waals surface area (Å²) < 4.78 is 2.54. The lowest BCUT2D eigenvalue weighted by Gasteiger charge is -1.85. The Morgan fingerprint density at radius 3 is 2.50 bits per heavy atom. The zero-order chi connectivity index (χ0) is 8.97. The summed E-state index contributed by atoms with van der Waals surface area (Å²) in [7, 11) is 0. The molecule has 0 atom stereocenters. The Bertz CT molecular complexity index is 351. The van der Waals surface area contributed by atoms with Crippen molar-refractivity contribution in [2.24, 2.45) is 0 Å². The molecular weight excluding hydrogens is 232 g/mol. The number of halogens is 1. The second-order valence-electron chi connectivity index (χ2n) is 2.08. The number of hydrogen-bond acceptors (Lipinski definition) is 1. The van der Waals surface area contributed by atoms with E-state index in [9.17, 15) is 0 Å². The molecule has 2 aromatic rings. The quantitative estimate of drug-likeness (QED) is 0.629. The van der Waals surface area contributed by atoms with E-state index in [-0.39, 0.29) is 0 Å². The molecule has 0 saturated heterocycles. The predicted octanol–water partition coefficient (Wildman–Crippen LogP) is 4.69. The van der Waals surface area contributed by atoms with Crippen molar-refractivity contribution in [3.63, 3.8) is 0 Å². The van der Waals surface area contributed by atoms with Crippen molar-refractivity contribution in [1.29, 1.82) is 0 Å². The van der Waals surface area contributed by atoms with Gasteiger partial charge in [0.1, 0.15) is 0 Å². The van der Waals surface area contributed by atoms with Crippen LogP contribution in [-0.4, -0.2) is 0 Å². The maximum Gasteiger partial charge on any atom is 0.0361 e. The van der Waals surface area contributed by atoms with E-state index < -0.39 is 0 Å². The van der Waals surface area contributed by atoms with E-state index in [1.54, 1.807) is 11.3 Å². The lowest BCUT2D eigenvalue weighted by Crippen LogP contribution is -1.59. The third-order valence-electron chi connectivity index (χ3n) is 1.43. The van der Waals surface area contributed by atoms with Gasteiger partial charge in [0.2, 0.25) is 0 Å². The lowest BCUT2D eigenvalue weighted by atomic mass is 10.3. The maximum absolute atomic E-state index is 3.48. The highest BCUT2D eigenvalue weighted by molar-refractivity contribution is 9.10. The van der Waals surface area contributed by atoms with Crippen molar-refractivity contribution in [3.05, 3.63) is 34.1 Å². The largest absolute Gasteiger partial charge is 0.143 e. The average molecular weight is 243 g/mol. The van der Waals surface area contributed by atoms with Gasteiger partial charge < -0.3 is 0 Å². The van der Waals surface area contributed by atoms with Crippen LogP contribution in [0.4, 0.5) is 0 Å². The molecule has 64 valence electrons. The van der Waals surface area contributed by atoms with Gasteiger partial charge in [-0.2, -0.15) is 0 Å². The molecule has 1 heterocycles. The molecule has 0 amide bonds. The van der Waals surface area contributed by atoms with E-state index in [4.69, 9.17) is 0 Å². The molecule has 0 radical (unpaired) electrons. The molecule has 0 aliphatic rings. The Hall–Kier alpha value is -0.340. The molecule has 0 saturated carbocycles. The van der Waals surface area contributed by atoms with Crippen LogP contribution in [0.2, 0.25) is 0 Å². The number of rotatable bonds is 0. The van der Waals surface area contributed by atoms with Crippen LogP contribution in [0.3, 0.4) is 0 Å². The van der Waals surface area contributed by atoms with E-state index in [0.29, 0.717) is 0 Å². The Kier molecular flexibility index (Phi) is 3.76. The Balaban J connectivity index is 0.000000336. The fraction of sp³-hybridized carbons (Fsp3) is 0.200. The number of hydrogen-bond donors (Lipinski definition) is 0. The second kappa shape index (κ2) is 4.63. The van der Waals surface area contributed by atoms with Gasteiger partial charge in [-0.3, -0.25) is 0 Å². The van der Waals surface area contributed by atoms with Crippen molar-refractivity contribution in [2.75, 3.05) is 0 Å². The zero-order valence-corrected chi connectivity index (χ0v) is 9.58. The van der Waals surface area contributed by atoms with Crippen LogP contribution >= 0.6 is 27.3 Å². The third kappa shape index (κ3) is 1.87. The van der Waals surface area contributed by atoms with Crippen molar-refractivity contribution in [3.8, 4) is 0 Å². The first-order valence-electron chi connectivity index (χ1n) is 3.99. The number of thiophene rings is 1. The summed E-state index contributed by atoms with van der Waals surface area (Å²) in [5, 5.41) is 3.43. The molecule has 1 aromatic carbocycles. The molecule has 12 heavy (non-hydrogen) atoms. The van der Waals surface area contributed by atoms with Crippen LogP contribution in [0.25, 0.3) is 10.1 Å². The van der Waals surface area contributed by atoms with Gasteiger partial charge in [-0.05, 0) is 22.0 Å². The molecule has 0 nitrogen and oxygen atoms in total. The third-order valence-corrected chi connectivity index (χ3v) is 3.36. The zero-order valence-electron chi connectivity index (χ0n) is 7.17. The van der Waals surface area contributed by atoms with E-state index >= 15 is 0 Å². The molecule has 0 aliphatic heterocycles. The molecule has 0 N–H and O–H groups in total. The van der Waals surface area contributed by atoms with Gasteiger partial charge in [0.15, 0.2) is 0 Å². The summed E-state index contributed by atoms with van der Waals surface area (Å²) in [6, 6.07) is 8.37. The first kappa shape index (κ1) is 9.75. The minimum Gasteiger partial charge on any atom is -0.143 e. The highest BCUT2D eigenvalue weighted by atomic mass is 79.9. The molecule has 1 aromatic heterocycles. The highest BCUT2D eigenvalue weighted by Gasteiger charge is 1.96. The van der Waals surface area contributed by atoms with Crippen LogP contribution in [0.1, 0.15) is 13.8 Å². The predicted molar refractivity (Wildman–Crippen MR) is 60.9 cm³/mol. The average Bonchev–Trinajstić information content (AvgIpc) is 2.53. The van der Waals surface area contributed by atoms with Crippen LogP contribution in [0.5, 0.6) is 0 Å². The fourth-order valence-electron chi connectivity index (χ4n) is 0.945. The minimum absolute atomic E-state index is 1.20. The standard InChI is InChI=1S/C8H5BrS.C2H6/c9-7-5-10-8-4-2-1-3-6(7)8;1-2/h1-5H;1-2H3. The highest BCUT2D eigenvalue weighted by Crippen LogP contribution is 2.29.